The average molecular weight is 394 g/mol. The first kappa shape index (κ1) is 18.7. The van der Waals surface area contributed by atoms with Crippen molar-refractivity contribution in [1.29, 1.82) is 0 Å². The number of rotatable bonds is 5. The summed E-state index contributed by atoms with van der Waals surface area (Å²) in [5.74, 6) is -0.146. The topological polar surface area (TPSA) is 64.0 Å². The zero-order chi connectivity index (χ0) is 19.5. The zero-order valence-corrected chi connectivity index (χ0v) is 16.7. The van der Waals surface area contributed by atoms with Crippen molar-refractivity contribution < 1.29 is 4.79 Å². The van der Waals surface area contributed by atoms with Gasteiger partial charge in [-0.05, 0) is 43.2 Å². The Bertz CT molecular complexity index is 1050. The van der Waals surface area contributed by atoms with Crippen LogP contribution in [0.5, 0.6) is 0 Å². The molecule has 5 nitrogen and oxygen atoms in total. The summed E-state index contributed by atoms with van der Waals surface area (Å²) in [5, 5.41) is 9.26. The van der Waals surface area contributed by atoms with E-state index >= 15 is 0 Å². The molecule has 2 aromatic carbocycles. The molecule has 28 heavy (non-hydrogen) atoms. The SMILES string of the molecule is Cn1nc(CC(=O)Nc2ccc(SC3CCCC3)cc2)c2ccccc2c1=O. The largest absolute Gasteiger partial charge is 0.326 e. The minimum absolute atomic E-state index is 0.118. The Labute approximate surface area is 168 Å². The number of nitrogens with zero attached hydrogens (tertiary/aromatic N) is 2. The number of carbonyl (C=O) groups excluding carboxylic acids is 1. The van der Waals surface area contributed by atoms with E-state index in [1.54, 1.807) is 13.1 Å². The molecule has 0 radical (unpaired) electrons. The average Bonchev–Trinajstić information content (AvgIpc) is 3.20. The fourth-order valence-electron chi connectivity index (χ4n) is 3.68. The second kappa shape index (κ2) is 8.19. The van der Waals surface area contributed by atoms with Crippen molar-refractivity contribution in [2.45, 2.75) is 42.2 Å². The number of anilines is 1. The lowest BCUT2D eigenvalue weighted by Crippen LogP contribution is -2.24. The Hall–Kier alpha value is -2.60. The molecular formula is C22H23N3O2S. The molecule has 1 saturated carbocycles. The lowest BCUT2D eigenvalue weighted by molar-refractivity contribution is -0.115. The Morgan fingerprint density at radius 1 is 1.11 bits per heavy atom. The van der Waals surface area contributed by atoms with Gasteiger partial charge in [0.25, 0.3) is 5.56 Å². The molecule has 0 unspecified atom stereocenters. The molecule has 1 aromatic heterocycles. The number of thioether (sulfide) groups is 1. The van der Waals surface area contributed by atoms with Gasteiger partial charge in [-0.25, -0.2) is 4.68 Å². The summed E-state index contributed by atoms with van der Waals surface area (Å²) in [4.78, 5) is 26.0. The van der Waals surface area contributed by atoms with Crippen LogP contribution >= 0.6 is 11.8 Å². The number of hydrogen-bond donors (Lipinski definition) is 1. The van der Waals surface area contributed by atoms with E-state index in [1.807, 2.05) is 42.1 Å². The first-order valence-electron chi connectivity index (χ1n) is 9.61. The van der Waals surface area contributed by atoms with E-state index in [1.165, 1.54) is 35.3 Å². The minimum atomic E-state index is -0.157. The van der Waals surface area contributed by atoms with Gasteiger partial charge in [0, 0.05) is 28.3 Å². The molecule has 1 N–H and O–H groups in total. The Kier molecular flexibility index (Phi) is 5.48. The van der Waals surface area contributed by atoms with Crippen LogP contribution in [0.15, 0.2) is 58.2 Å². The second-order valence-electron chi connectivity index (χ2n) is 7.19. The summed E-state index contributed by atoms with van der Waals surface area (Å²) in [5.41, 5.74) is 1.22. The highest BCUT2D eigenvalue weighted by atomic mass is 32.2. The van der Waals surface area contributed by atoms with Crippen molar-refractivity contribution in [2.24, 2.45) is 7.05 Å². The van der Waals surface area contributed by atoms with Crippen LogP contribution in [0, 0.1) is 0 Å². The van der Waals surface area contributed by atoms with Gasteiger partial charge < -0.3 is 5.32 Å². The fourth-order valence-corrected chi connectivity index (χ4v) is 4.93. The highest BCUT2D eigenvalue weighted by molar-refractivity contribution is 8.00. The van der Waals surface area contributed by atoms with Gasteiger partial charge >= 0.3 is 0 Å². The maximum absolute atomic E-state index is 12.5. The molecule has 4 rings (SSSR count). The number of benzene rings is 2. The zero-order valence-electron chi connectivity index (χ0n) is 15.9. The molecule has 6 heteroatoms. The van der Waals surface area contributed by atoms with Crippen LogP contribution in [0.2, 0.25) is 0 Å². The molecule has 0 spiro atoms. The highest BCUT2D eigenvalue weighted by Crippen LogP contribution is 2.34. The van der Waals surface area contributed by atoms with Crippen molar-refractivity contribution in [3.8, 4) is 0 Å². The van der Waals surface area contributed by atoms with Crippen LogP contribution in [0.1, 0.15) is 31.4 Å². The van der Waals surface area contributed by atoms with Gasteiger partial charge in [0.2, 0.25) is 5.91 Å². The van der Waals surface area contributed by atoms with E-state index < -0.39 is 0 Å². The predicted molar refractivity (Wildman–Crippen MR) is 114 cm³/mol. The number of nitrogens with one attached hydrogen (secondary N) is 1. The molecule has 0 bridgehead atoms. The Balaban J connectivity index is 1.45. The van der Waals surface area contributed by atoms with Crippen LogP contribution in [0.25, 0.3) is 10.8 Å². The van der Waals surface area contributed by atoms with Gasteiger partial charge in [0.05, 0.1) is 17.5 Å². The summed E-state index contributed by atoms with van der Waals surface area (Å²) in [6, 6.07) is 15.3. The molecular weight excluding hydrogens is 370 g/mol. The quantitative estimate of drug-likeness (QED) is 0.707. The molecule has 0 atom stereocenters. The molecule has 1 amide bonds. The molecule has 0 aliphatic heterocycles. The number of hydrogen-bond acceptors (Lipinski definition) is 4. The van der Waals surface area contributed by atoms with Gasteiger partial charge in [-0.3, -0.25) is 9.59 Å². The van der Waals surface area contributed by atoms with Gasteiger partial charge in [0.1, 0.15) is 0 Å². The van der Waals surface area contributed by atoms with Crippen LogP contribution in [0.4, 0.5) is 5.69 Å². The fraction of sp³-hybridized carbons (Fsp3) is 0.318. The van der Waals surface area contributed by atoms with Gasteiger partial charge in [-0.1, -0.05) is 31.0 Å². The number of aromatic nitrogens is 2. The van der Waals surface area contributed by atoms with Crippen molar-refractivity contribution >= 4 is 34.1 Å². The third kappa shape index (κ3) is 4.12. The number of carbonyl (C=O) groups is 1. The lowest BCUT2D eigenvalue weighted by atomic mass is 10.1. The second-order valence-corrected chi connectivity index (χ2v) is 8.57. The molecule has 1 aliphatic rings. The summed E-state index contributed by atoms with van der Waals surface area (Å²) in [6.07, 6.45) is 5.37. The third-order valence-corrected chi connectivity index (χ3v) is 6.45. The Morgan fingerprint density at radius 3 is 2.50 bits per heavy atom. The van der Waals surface area contributed by atoms with Crippen molar-refractivity contribution in [3.63, 3.8) is 0 Å². The molecule has 0 saturated heterocycles. The van der Waals surface area contributed by atoms with Crippen LogP contribution in [-0.2, 0) is 18.3 Å². The highest BCUT2D eigenvalue weighted by Gasteiger charge is 2.16. The van der Waals surface area contributed by atoms with Gasteiger partial charge in [-0.15, -0.1) is 11.8 Å². The molecule has 3 aromatic rings. The van der Waals surface area contributed by atoms with Crippen molar-refractivity contribution in [3.05, 3.63) is 64.6 Å². The van der Waals surface area contributed by atoms with E-state index in [0.29, 0.717) is 11.1 Å². The summed E-state index contributed by atoms with van der Waals surface area (Å²) in [7, 11) is 1.61. The summed E-state index contributed by atoms with van der Waals surface area (Å²) >= 11 is 1.93. The lowest BCUT2D eigenvalue weighted by Gasteiger charge is -2.11. The maximum Gasteiger partial charge on any atom is 0.274 e. The first-order chi connectivity index (χ1) is 13.6. The molecule has 1 heterocycles. The molecule has 1 fully saturated rings. The van der Waals surface area contributed by atoms with E-state index in [-0.39, 0.29) is 17.9 Å². The standard InChI is InChI=1S/C22H23N3O2S/c1-25-22(27)19-9-5-4-8-18(19)20(24-25)14-21(26)23-15-10-12-17(13-11-15)28-16-6-2-3-7-16/h4-5,8-13,16H,2-3,6-7,14H2,1H3,(H,23,26). The molecule has 1 aliphatic carbocycles. The monoisotopic (exact) mass is 393 g/mol. The van der Waals surface area contributed by atoms with E-state index in [9.17, 15) is 9.59 Å². The Morgan fingerprint density at radius 2 is 1.79 bits per heavy atom. The van der Waals surface area contributed by atoms with Crippen molar-refractivity contribution in [2.75, 3.05) is 5.32 Å². The van der Waals surface area contributed by atoms with Crippen molar-refractivity contribution in [1.82, 2.24) is 9.78 Å². The van der Waals surface area contributed by atoms with Gasteiger partial charge in [-0.2, -0.15) is 5.10 Å². The normalized spacial score (nSPS) is 14.5. The van der Waals surface area contributed by atoms with Crippen LogP contribution < -0.4 is 10.9 Å². The smallest absolute Gasteiger partial charge is 0.274 e. The number of fused-ring (bicyclic) bond motifs is 1. The maximum atomic E-state index is 12.5. The predicted octanol–water partition coefficient (Wildman–Crippen LogP) is 4.15. The summed E-state index contributed by atoms with van der Waals surface area (Å²) in [6.45, 7) is 0. The third-order valence-electron chi connectivity index (χ3n) is 5.10. The van der Waals surface area contributed by atoms with E-state index in [4.69, 9.17) is 0 Å². The molecule has 144 valence electrons. The van der Waals surface area contributed by atoms with Gasteiger partial charge in [0.15, 0.2) is 0 Å². The van der Waals surface area contributed by atoms with E-state index in [2.05, 4.69) is 22.5 Å². The summed E-state index contributed by atoms with van der Waals surface area (Å²) < 4.78 is 1.29. The minimum Gasteiger partial charge on any atom is -0.326 e. The van der Waals surface area contributed by atoms with Crippen LogP contribution in [-0.4, -0.2) is 20.9 Å². The number of aryl methyl sites for hydroxylation is 1. The van der Waals surface area contributed by atoms with Crippen LogP contribution in [0.3, 0.4) is 0 Å². The number of amides is 1. The first-order valence-corrected chi connectivity index (χ1v) is 10.5. The van der Waals surface area contributed by atoms with E-state index in [0.717, 1.165) is 16.3 Å².